The minimum atomic E-state index is -2.62. The van der Waals surface area contributed by atoms with Crippen LogP contribution in [0.2, 0.25) is 0 Å². The second-order valence-corrected chi connectivity index (χ2v) is 8.11. The normalized spacial score (nSPS) is 29.6. The molecule has 3 aliphatic heterocycles. The highest BCUT2D eigenvalue weighted by molar-refractivity contribution is 5.75. The minimum absolute atomic E-state index is 0.112. The van der Waals surface area contributed by atoms with Crippen LogP contribution in [0.1, 0.15) is 52.4 Å². The van der Waals surface area contributed by atoms with Gasteiger partial charge in [0, 0.05) is 45.2 Å². The summed E-state index contributed by atoms with van der Waals surface area (Å²) in [6, 6.07) is -0.365. The van der Waals surface area contributed by atoms with Gasteiger partial charge in [0.1, 0.15) is 0 Å². The van der Waals surface area contributed by atoms with Crippen LogP contribution in [-0.4, -0.2) is 77.9 Å². The van der Waals surface area contributed by atoms with E-state index in [9.17, 15) is 13.6 Å². The first-order valence-electron chi connectivity index (χ1n) is 10.1. The van der Waals surface area contributed by atoms with Crippen molar-refractivity contribution in [2.75, 3.05) is 39.3 Å². The van der Waals surface area contributed by atoms with Gasteiger partial charge in [-0.2, -0.15) is 0 Å². The van der Waals surface area contributed by atoms with E-state index in [0.29, 0.717) is 31.8 Å². The number of piperidine rings is 2. The first-order chi connectivity index (χ1) is 11.9. The SMILES string of the molecule is CCCC1CN(C2CCN(C3CCN(C(=O)CC)CC3)CC2(F)F)C1. The number of likely N-dealkylation sites (tertiary alicyclic amines) is 3. The molecule has 144 valence electrons. The van der Waals surface area contributed by atoms with Crippen LogP contribution in [0.5, 0.6) is 0 Å². The highest BCUT2D eigenvalue weighted by Gasteiger charge is 2.51. The summed E-state index contributed by atoms with van der Waals surface area (Å²) in [6.07, 6.45) is 5.06. The molecule has 0 spiro atoms. The molecular formula is C19H33F2N3O. The molecule has 0 aromatic heterocycles. The van der Waals surface area contributed by atoms with Gasteiger partial charge in [-0.3, -0.25) is 14.6 Å². The summed E-state index contributed by atoms with van der Waals surface area (Å²) in [5, 5.41) is 0. The third-order valence-electron chi connectivity index (χ3n) is 6.35. The molecule has 3 fully saturated rings. The van der Waals surface area contributed by atoms with E-state index in [1.54, 1.807) is 0 Å². The molecule has 0 radical (unpaired) electrons. The number of carbonyl (C=O) groups is 1. The van der Waals surface area contributed by atoms with Crippen LogP contribution >= 0.6 is 0 Å². The summed E-state index contributed by atoms with van der Waals surface area (Å²) in [6.45, 7) is 7.83. The number of alkyl halides is 2. The summed E-state index contributed by atoms with van der Waals surface area (Å²) < 4.78 is 29.5. The second kappa shape index (κ2) is 7.87. The number of halogens is 2. The Kier molecular flexibility index (Phi) is 5.99. The fraction of sp³-hybridized carbons (Fsp3) is 0.947. The number of nitrogens with zero attached hydrogens (tertiary/aromatic N) is 3. The lowest BCUT2D eigenvalue weighted by molar-refractivity contribution is -0.158. The number of amides is 1. The van der Waals surface area contributed by atoms with Gasteiger partial charge in [0.05, 0.1) is 12.6 Å². The van der Waals surface area contributed by atoms with Crippen LogP contribution in [0.15, 0.2) is 0 Å². The van der Waals surface area contributed by atoms with Crippen molar-refractivity contribution >= 4 is 5.91 Å². The molecule has 3 heterocycles. The third-order valence-corrected chi connectivity index (χ3v) is 6.35. The highest BCUT2D eigenvalue weighted by atomic mass is 19.3. The summed E-state index contributed by atoms with van der Waals surface area (Å²) in [4.78, 5) is 17.7. The quantitative estimate of drug-likeness (QED) is 0.757. The molecule has 0 N–H and O–H groups in total. The van der Waals surface area contributed by atoms with Crippen LogP contribution in [0.3, 0.4) is 0 Å². The zero-order chi connectivity index (χ0) is 18.0. The van der Waals surface area contributed by atoms with E-state index >= 15 is 0 Å². The van der Waals surface area contributed by atoms with Crippen molar-refractivity contribution in [1.82, 2.24) is 14.7 Å². The van der Waals surface area contributed by atoms with Gasteiger partial charge in [0.2, 0.25) is 5.91 Å². The van der Waals surface area contributed by atoms with E-state index in [1.165, 1.54) is 0 Å². The summed E-state index contributed by atoms with van der Waals surface area (Å²) in [5.41, 5.74) is 0. The summed E-state index contributed by atoms with van der Waals surface area (Å²) in [7, 11) is 0. The van der Waals surface area contributed by atoms with E-state index in [2.05, 4.69) is 6.92 Å². The first kappa shape index (κ1) is 19.0. The van der Waals surface area contributed by atoms with Gasteiger partial charge < -0.3 is 4.90 Å². The van der Waals surface area contributed by atoms with E-state index in [0.717, 1.165) is 45.3 Å². The largest absolute Gasteiger partial charge is 0.343 e. The fourth-order valence-electron chi connectivity index (χ4n) is 4.87. The lowest BCUT2D eigenvalue weighted by Gasteiger charge is -2.51. The predicted molar refractivity (Wildman–Crippen MR) is 94.8 cm³/mol. The van der Waals surface area contributed by atoms with Crippen molar-refractivity contribution in [3.8, 4) is 0 Å². The average molecular weight is 357 g/mol. The van der Waals surface area contributed by atoms with E-state index < -0.39 is 12.0 Å². The van der Waals surface area contributed by atoms with Crippen molar-refractivity contribution in [3.05, 3.63) is 0 Å². The molecule has 0 aliphatic carbocycles. The standard InChI is InChI=1S/C19H33F2N3O/c1-3-5-15-12-24(13-15)17-8-11-23(14-19(17,20)21)16-6-9-22(10-7-16)18(25)4-2/h15-17H,3-14H2,1-2H3. The molecule has 3 rings (SSSR count). The van der Waals surface area contributed by atoms with Crippen LogP contribution < -0.4 is 0 Å². The maximum absolute atomic E-state index is 14.8. The Morgan fingerprint density at radius 3 is 2.28 bits per heavy atom. The topological polar surface area (TPSA) is 26.8 Å². The lowest BCUT2D eigenvalue weighted by atomic mass is 9.88. The number of hydrogen-bond donors (Lipinski definition) is 0. The minimum Gasteiger partial charge on any atom is -0.343 e. The van der Waals surface area contributed by atoms with Gasteiger partial charge in [0.15, 0.2) is 0 Å². The van der Waals surface area contributed by atoms with Crippen LogP contribution in [0.4, 0.5) is 8.78 Å². The smallest absolute Gasteiger partial charge is 0.275 e. The molecule has 1 unspecified atom stereocenters. The molecule has 0 bridgehead atoms. The Morgan fingerprint density at radius 1 is 1.04 bits per heavy atom. The Bertz CT molecular complexity index is 460. The number of carbonyl (C=O) groups excluding carboxylic acids is 1. The van der Waals surface area contributed by atoms with Gasteiger partial charge in [-0.05, 0) is 31.6 Å². The Hall–Kier alpha value is -0.750. The highest BCUT2D eigenvalue weighted by Crippen LogP contribution is 2.37. The molecule has 0 aromatic carbocycles. The molecule has 25 heavy (non-hydrogen) atoms. The molecule has 6 heteroatoms. The summed E-state index contributed by atoms with van der Waals surface area (Å²) >= 11 is 0. The van der Waals surface area contributed by atoms with Crippen molar-refractivity contribution in [3.63, 3.8) is 0 Å². The van der Waals surface area contributed by atoms with Crippen LogP contribution in [0, 0.1) is 5.92 Å². The second-order valence-electron chi connectivity index (χ2n) is 8.11. The fourth-order valence-corrected chi connectivity index (χ4v) is 4.87. The average Bonchev–Trinajstić information content (AvgIpc) is 2.57. The third kappa shape index (κ3) is 4.16. The zero-order valence-corrected chi connectivity index (χ0v) is 15.7. The molecular weight excluding hydrogens is 324 g/mol. The van der Waals surface area contributed by atoms with Crippen molar-refractivity contribution in [2.24, 2.45) is 5.92 Å². The predicted octanol–water partition coefficient (Wildman–Crippen LogP) is 2.83. The van der Waals surface area contributed by atoms with Gasteiger partial charge in [0.25, 0.3) is 5.92 Å². The Balaban J connectivity index is 1.49. The summed E-state index contributed by atoms with van der Waals surface area (Å²) in [5.74, 6) is -1.81. The zero-order valence-electron chi connectivity index (χ0n) is 15.7. The Labute approximate surface area is 150 Å². The maximum atomic E-state index is 14.8. The van der Waals surface area contributed by atoms with Gasteiger partial charge in [-0.15, -0.1) is 0 Å². The van der Waals surface area contributed by atoms with Crippen LogP contribution in [-0.2, 0) is 4.79 Å². The van der Waals surface area contributed by atoms with E-state index in [4.69, 9.17) is 0 Å². The van der Waals surface area contributed by atoms with Crippen molar-refractivity contribution < 1.29 is 13.6 Å². The molecule has 3 aliphatic rings. The molecule has 1 amide bonds. The van der Waals surface area contributed by atoms with Crippen molar-refractivity contribution in [2.45, 2.75) is 70.4 Å². The van der Waals surface area contributed by atoms with Gasteiger partial charge in [-0.25, -0.2) is 8.78 Å². The maximum Gasteiger partial charge on any atom is 0.275 e. The number of rotatable bonds is 5. The molecule has 0 aromatic rings. The molecule has 3 saturated heterocycles. The van der Waals surface area contributed by atoms with E-state index in [-0.39, 0.29) is 18.5 Å². The lowest BCUT2D eigenvalue weighted by Crippen LogP contribution is -2.65. The van der Waals surface area contributed by atoms with E-state index in [1.807, 2.05) is 21.6 Å². The number of hydrogen-bond acceptors (Lipinski definition) is 3. The Morgan fingerprint density at radius 2 is 1.72 bits per heavy atom. The molecule has 0 saturated carbocycles. The van der Waals surface area contributed by atoms with Crippen LogP contribution in [0.25, 0.3) is 0 Å². The first-order valence-corrected chi connectivity index (χ1v) is 10.1. The monoisotopic (exact) mass is 357 g/mol. The van der Waals surface area contributed by atoms with Gasteiger partial charge >= 0.3 is 0 Å². The van der Waals surface area contributed by atoms with Gasteiger partial charge in [-0.1, -0.05) is 20.3 Å². The van der Waals surface area contributed by atoms with Crippen molar-refractivity contribution in [1.29, 1.82) is 0 Å². The molecule has 1 atom stereocenters. The molecule has 4 nitrogen and oxygen atoms in total.